The van der Waals surface area contributed by atoms with E-state index in [0.29, 0.717) is 25.6 Å². The van der Waals surface area contributed by atoms with Crippen molar-refractivity contribution in [1.29, 1.82) is 0 Å². The van der Waals surface area contributed by atoms with E-state index in [4.69, 9.17) is 14.6 Å². The number of amides is 1. The maximum Gasteiger partial charge on any atom is 0.407 e. The van der Waals surface area contributed by atoms with Crippen molar-refractivity contribution in [3.8, 4) is 11.3 Å². The van der Waals surface area contributed by atoms with Gasteiger partial charge in [0.25, 0.3) is 0 Å². The zero-order valence-electron chi connectivity index (χ0n) is 21.0. The average Bonchev–Trinajstić information content (AvgIpc) is 3.33. The lowest BCUT2D eigenvalue weighted by Crippen LogP contribution is -2.36. The third-order valence-electron chi connectivity index (χ3n) is 5.32. The monoisotopic (exact) mass is 460 g/mol. The summed E-state index contributed by atoms with van der Waals surface area (Å²) in [5, 5.41) is 12.3. The summed E-state index contributed by atoms with van der Waals surface area (Å²) >= 11 is 0. The number of carbonyl (C=O) groups is 1. The summed E-state index contributed by atoms with van der Waals surface area (Å²) in [5.41, 5.74) is 2.57. The third kappa shape index (κ3) is 7.85. The lowest BCUT2D eigenvalue weighted by molar-refractivity contribution is -0.0394. The minimum atomic E-state index is -0.499. The summed E-state index contributed by atoms with van der Waals surface area (Å²) in [6.07, 6.45) is 8.88. The summed E-state index contributed by atoms with van der Waals surface area (Å²) in [7, 11) is 2.04. The molecule has 1 saturated heterocycles. The van der Waals surface area contributed by atoms with Gasteiger partial charge in [0.1, 0.15) is 17.5 Å². The molecule has 1 atom stereocenters. The highest BCUT2D eigenvalue weighted by molar-refractivity contribution is 5.67. The van der Waals surface area contributed by atoms with Crippen molar-refractivity contribution < 1.29 is 14.3 Å². The number of alkyl carbamates (subject to hydrolysis) is 1. The second-order valence-electron chi connectivity index (χ2n) is 10.3. The van der Waals surface area contributed by atoms with Crippen LogP contribution in [-0.2, 0) is 22.6 Å². The first kappa shape index (κ1) is 25.2. The fraction of sp³-hybridized carbons (Fsp3) is 0.708. The Kier molecular flexibility index (Phi) is 8.53. The average molecular weight is 461 g/mol. The molecular formula is C24H40N6O3. The molecule has 0 radical (unpaired) electrons. The molecule has 1 aliphatic heterocycles. The molecule has 9 heteroatoms. The molecule has 1 N–H and O–H groups in total. The first-order valence-electron chi connectivity index (χ1n) is 12.0. The van der Waals surface area contributed by atoms with E-state index in [9.17, 15) is 4.79 Å². The van der Waals surface area contributed by atoms with Crippen LogP contribution in [-0.4, -0.2) is 62.9 Å². The second-order valence-corrected chi connectivity index (χ2v) is 10.3. The van der Waals surface area contributed by atoms with Gasteiger partial charge in [-0.1, -0.05) is 13.8 Å². The first-order valence-corrected chi connectivity index (χ1v) is 12.0. The number of aromatic nitrogens is 4. The van der Waals surface area contributed by atoms with E-state index in [1.807, 2.05) is 43.4 Å². The van der Waals surface area contributed by atoms with Crippen LogP contribution in [0.15, 0.2) is 18.6 Å². The van der Waals surface area contributed by atoms with Gasteiger partial charge in [0.2, 0.25) is 0 Å². The number of nitrogens with zero attached hydrogens (tertiary/aromatic N) is 5. The van der Waals surface area contributed by atoms with Gasteiger partial charge in [0.05, 0.1) is 6.20 Å². The maximum absolute atomic E-state index is 11.9. The van der Waals surface area contributed by atoms with Gasteiger partial charge in [0.15, 0.2) is 0 Å². The Hall–Kier alpha value is -2.39. The van der Waals surface area contributed by atoms with Gasteiger partial charge in [0, 0.05) is 56.3 Å². The molecule has 0 aliphatic carbocycles. The van der Waals surface area contributed by atoms with Crippen LogP contribution in [0.3, 0.4) is 0 Å². The van der Waals surface area contributed by atoms with Crippen molar-refractivity contribution in [2.24, 2.45) is 5.92 Å². The number of ether oxygens (including phenoxy) is 2. The van der Waals surface area contributed by atoms with Crippen LogP contribution in [0, 0.1) is 5.92 Å². The predicted octanol–water partition coefficient (Wildman–Crippen LogP) is 4.06. The Labute approximate surface area is 197 Å². The van der Waals surface area contributed by atoms with Crippen LogP contribution >= 0.6 is 0 Å². The van der Waals surface area contributed by atoms with Crippen LogP contribution in [0.2, 0.25) is 0 Å². The fourth-order valence-corrected chi connectivity index (χ4v) is 3.86. The zero-order chi connectivity index (χ0) is 24.0. The molecule has 1 fully saturated rings. The van der Waals surface area contributed by atoms with Crippen LogP contribution in [0.25, 0.3) is 11.3 Å². The molecule has 0 aromatic carbocycles. The van der Waals surface area contributed by atoms with Crippen molar-refractivity contribution in [2.45, 2.75) is 78.8 Å². The largest absolute Gasteiger partial charge is 0.444 e. The molecule has 2 aromatic heterocycles. The SMILES string of the molecule is CC(C)Cn1cc(-c2nn(C3CCCCO3)cc2CN(C)CCNC(=O)OC(C)(C)C)cn1. The van der Waals surface area contributed by atoms with E-state index in [0.717, 1.165) is 49.2 Å². The molecule has 3 heterocycles. The fourth-order valence-electron chi connectivity index (χ4n) is 3.86. The molecule has 184 valence electrons. The minimum Gasteiger partial charge on any atom is -0.444 e. The molecule has 0 spiro atoms. The highest BCUT2D eigenvalue weighted by Crippen LogP contribution is 2.28. The van der Waals surface area contributed by atoms with Gasteiger partial charge >= 0.3 is 6.09 Å². The van der Waals surface area contributed by atoms with Crippen molar-refractivity contribution in [1.82, 2.24) is 29.8 Å². The quantitative estimate of drug-likeness (QED) is 0.607. The van der Waals surface area contributed by atoms with Crippen molar-refractivity contribution >= 4 is 6.09 Å². The van der Waals surface area contributed by atoms with Crippen LogP contribution in [0.4, 0.5) is 4.79 Å². The maximum atomic E-state index is 11.9. The number of hydrogen-bond acceptors (Lipinski definition) is 6. The van der Waals surface area contributed by atoms with Gasteiger partial charge in [-0.2, -0.15) is 10.2 Å². The Balaban J connectivity index is 1.69. The molecule has 1 unspecified atom stereocenters. The van der Waals surface area contributed by atoms with Crippen molar-refractivity contribution in [3.05, 3.63) is 24.2 Å². The lowest BCUT2D eigenvalue weighted by atomic mass is 10.1. The molecule has 1 amide bonds. The topological polar surface area (TPSA) is 86.4 Å². The lowest BCUT2D eigenvalue weighted by Gasteiger charge is -2.22. The van der Waals surface area contributed by atoms with Crippen LogP contribution in [0.5, 0.6) is 0 Å². The van der Waals surface area contributed by atoms with Gasteiger partial charge in [-0.05, 0) is 53.0 Å². The number of nitrogens with one attached hydrogen (secondary N) is 1. The second kappa shape index (κ2) is 11.2. The zero-order valence-corrected chi connectivity index (χ0v) is 21.0. The highest BCUT2D eigenvalue weighted by Gasteiger charge is 2.22. The Morgan fingerprint density at radius 3 is 2.79 bits per heavy atom. The van der Waals surface area contributed by atoms with E-state index >= 15 is 0 Å². The van der Waals surface area contributed by atoms with Crippen LogP contribution < -0.4 is 5.32 Å². The summed E-state index contributed by atoms with van der Waals surface area (Å²) in [6.45, 7) is 13.5. The summed E-state index contributed by atoms with van der Waals surface area (Å²) in [4.78, 5) is 14.1. The number of likely N-dealkylation sites (N-methyl/N-ethyl adjacent to an activating group) is 1. The van der Waals surface area contributed by atoms with E-state index < -0.39 is 11.7 Å². The molecule has 9 nitrogen and oxygen atoms in total. The van der Waals surface area contributed by atoms with E-state index in [2.05, 4.69) is 41.6 Å². The molecule has 1 aliphatic rings. The van der Waals surface area contributed by atoms with Crippen molar-refractivity contribution in [2.75, 3.05) is 26.7 Å². The number of hydrogen-bond donors (Lipinski definition) is 1. The predicted molar refractivity (Wildman–Crippen MR) is 128 cm³/mol. The highest BCUT2D eigenvalue weighted by atomic mass is 16.6. The van der Waals surface area contributed by atoms with Crippen molar-refractivity contribution in [3.63, 3.8) is 0 Å². The van der Waals surface area contributed by atoms with E-state index in [-0.39, 0.29) is 6.23 Å². The molecule has 2 aromatic rings. The number of carbonyl (C=O) groups excluding carboxylic acids is 1. The van der Waals surface area contributed by atoms with Gasteiger partial charge < -0.3 is 19.7 Å². The Morgan fingerprint density at radius 2 is 2.12 bits per heavy atom. The number of rotatable bonds is 9. The van der Waals surface area contributed by atoms with E-state index in [1.54, 1.807) is 0 Å². The minimum absolute atomic E-state index is 0.0175. The van der Waals surface area contributed by atoms with Crippen LogP contribution in [0.1, 0.15) is 65.7 Å². The summed E-state index contributed by atoms with van der Waals surface area (Å²) < 4.78 is 15.2. The van der Waals surface area contributed by atoms with Gasteiger partial charge in [-0.15, -0.1) is 0 Å². The molecular weight excluding hydrogens is 420 g/mol. The summed E-state index contributed by atoms with van der Waals surface area (Å²) in [5.74, 6) is 0.522. The smallest absolute Gasteiger partial charge is 0.407 e. The third-order valence-corrected chi connectivity index (χ3v) is 5.32. The molecule has 0 saturated carbocycles. The Bertz CT molecular complexity index is 892. The molecule has 0 bridgehead atoms. The van der Waals surface area contributed by atoms with Gasteiger partial charge in [-0.25, -0.2) is 9.48 Å². The molecule has 33 heavy (non-hydrogen) atoms. The standard InChI is InChI=1S/C24H40N6O3/c1-18(2)14-29-16-19(13-26-29)22-20(17-30(27-22)21-9-7-8-12-32-21)15-28(6)11-10-25-23(31)33-24(3,4)5/h13,16-18,21H,7-12,14-15H2,1-6H3,(H,25,31). The van der Waals surface area contributed by atoms with E-state index in [1.165, 1.54) is 0 Å². The Morgan fingerprint density at radius 1 is 1.33 bits per heavy atom. The molecule has 3 rings (SSSR count). The van der Waals surface area contributed by atoms with Gasteiger partial charge in [-0.3, -0.25) is 4.68 Å². The first-order chi connectivity index (χ1) is 15.6. The summed E-state index contributed by atoms with van der Waals surface area (Å²) in [6, 6.07) is 0. The normalized spacial score (nSPS) is 17.0.